The highest BCUT2D eigenvalue weighted by atomic mass is 19.1. The van der Waals surface area contributed by atoms with Crippen molar-refractivity contribution < 1.29 is 9.13 Å². The van der Waals surface area contributed by atoms with Crippen LogP contribution in [0.25, 0.3) is 0 Å². The number of rotatable bonds is 4. The number of nitrogens with two attached hydrogens (primary N) is 1. The first-order chi connectivity index (χ1) is 7.29. The van der Waals surface area contributed by atoms with Gasteiger partial charge in [0.05, 0.1) is 12.7 Å². The lowest BCUT2D eigenvalue weighted by atomic mass is 9.96. The largest absolute Gasteiger partial charge is 0.374 e. The highest BCUT2D eigenvalue weighted by Crippen LogP contribution is 2.24. The van der Waals surface area contributed by atoms with Crippen molar-refractivity contribution in [2.45, 2.75) is 38.5 Å². The van der Waals surface area contributed by atoms with Gasteiger partial charge in [-0.2, -0.15) is 0 Å². The summed E-state index contributed by atoms with van der Waals surface area (Å²) in [5.41, 5.74) is 7.42. The van der Waals surface area contributed by atoms with Gasteiger partial charge in [0.15, 0.2) is 0 Å². The Balaban J connectivity index is 2.00. The fourth-order valence-corrected chi connectivity index (χ4v) is 1.67. The first-order valence-corrected chi connectivity index (χ1v) is 5.38. The molecule has 0 radical (unpaired) electrons. The molecule has 0 aliphatic heterocycles. The van der Waals surface area contributed by atoms with E-state index >= 15 is 0 Å². The van der Waals surface area contributed by atoms with Crippen LogP contribution in [-0.2, 0) is 17.9 Å². The van der Waals surface area contributed by atoms with Crippen LogP contribution < -0.4 is 5.73 Å². The molecule has 0 spiro atoms. The molecule has 2 nitrogen and oxygen atoms in total. The highest BCUT2D eigenvalue weighted by Gasteiger charge is 2.18. The van der Waals surface area contributed by atoms with E-state index in [0.29, 0.717) is 19.3 Å². The number of hydrogen-bond donors (Lipinski definition) is 1. The number of halogens is 1. The van der Waals surface area contributed by atoms with Crippen LogP contribution in [-0.4, -0.2) is 6.10 Å². The fourth-order valence-electron chi connectivity index (χ4n) is 1.67. The van der Waals surface area contributed by atoms with Crippen LogP contribution in [0.5, 0.6) is 0 Å². The quantitative estimate of drug-likeness (QED) is 0.826. The molecule has 0 saturated heterocycles. The summed E-state index contributed by atoms with van der Waals surface area (Å²) in [7, 11) is 0. The average molecular weight is 209 g/mol. The molecule has 2 N–H and O–H groups in total. The molecule has 0 unspecified atom stereocenters. The zero-order valence-electron chi connectivity index (χ0n) is 8.71. The average Bonchev–Trinajstić information content (AvgIpc) is 2.16. The van der Waals surface area contributed by atoms with E-state index < -0.39 is 0 Å². The molecular formula is C12H16FNO. The number of benzene rings is 1. The van der Waals surface area contributed by atoms with Crippen LogP contribution in [0, 0.1) is 5.82 Å². The second-order valence-electron chi connectivity index (χ2n) is 3.98. The number of ether oxygens (including phenoxy) is 1. The van der Waals surface area contributed by atoms with Crippen LogP contribution in [0.2, 0.25) is 0 Å². The third-order valence-corrected chi connectivity index (χ3v) is 2.91. The van der Waals surface area contributed by atoms with Crippen molar-refractivity contribution in [1.82, 2.24) is 0 Å². The van der Waals surface area contributed by atoms with E-state index in [2.05, 4.69) is 0 Å². The van der Waals surface area contributed by atoms with Crippen LogP contribution in [0.3, 0.4) is 0 Å². The van der Waals surface area contributed by atoms with Crippen molar-refractivity contribution in [1.29, 1.82) is 0 Å². The van der Waals surface area contributed by atoms with Gasteiger partial charge < -0.3 is 10.5 Å². The van der Waals surface area contributed by atoms with E-state index in [1.165, 1.54) is 18.6 Å². The molecule has 1 saturated carbocycles. The van der Waals surface area contributed by atoms with Gasteiger partial charge in [-0.1, -0.05) is 6.07 Å². The van der Waals surface area contributed by atoms with Gasteiger partial charge in [0, 0.05) is 6.54 Å². The minimum absolute atomic E-state index is 0.223. The summed E-state index contributed by atoms with van der Waals surface area (Å²) in [5.74, 6) is -0.223. The fraction of sp³-hybridized carbons (Fsp3) is 0.500. The van der Waals surface area contributed by atoms with E-state index in [1.807, 2.05) is 0 Å². The van der Waals surface area contributed by atoms with Crippen molar-refractivity contribution in [3.05, 3.63) is 35.1 Å². The molecule has 0 aromatic heterocycles. The highest BCUT2D eigenvalue weighted by molar-refractivity contribution is 5.27. The molecule has 0 bridgehead atoms. The molecule has 2 rings (SSSR count). The van der Waals surface area contributed by atoms with Gasteiger partial charge >= 0.3 is 0 Å². The van der Waals surface area contributed by atoms with Crippen molar-refractivity contribution in [2.24, 2.45) is 5.73 Å². The summed E-state index contributed by atoms with van der Waals surface area (Å²) in [4.78, 5) is 0. The van der Waals surface area contributed by atoms with Gasteiger partial charge in [-0.15, -0.1) is 0 Å². The lowest BCUT2D eigenvalue weighted by Gasteiger charge is -2.25. The first kappa shape index (κ1) is 10.6. The minimum atomic E-state index is -0.223. The zero-order chi connectivity index (χ0) is 10.7. The van der Waals surface area contributed by atoms with Crippen LogP contribution in [0.1, 0.15) is 30.4 Å². The molecule has 82 valence electrons. The Morgan fingerprint density at radius 2 is 2.13 bits per heavy atom. The van der Waals surface area contributed by atoms with Crippen LogP contribution >= 0.6 is 0 Å². The van der Waals surface area contributed by atoms with E-state index in [9.17, 15) is 4.39 Å². The summed E-state index contributed by atoms with van der Waals surface area (Å²) >= 11 is 0. The maximum atomic E-state index is 13.0. The summed E-state index contributed by atoms with van der Waals surface area (Å²) in [6.45, 7) is 0.915. The predicted octanol–water partition coefficient (Wildman–Crippen LogP) is 2.35. The topological polar surface area (TPSA) is 35.2 Å². The zero-order valence-corrected chi connectivity index (χ0v) is 8.71. The Morgan fingerprint density at radius 1 is 1.33 bits per heavy atom. The van der Waals surface area contributed by atoms with E-state index in [1.54, 1.807) is 6.07 Å². The Morgan fingerprint density at radius 3 is 2.73 bits per heavy atom. The lowest BCUT2D eigenvalue weighted by molar-refractivity contribution is -0.00902. The molecule has 0 atom stereocenters. The SMILES string of the molecule is NCc1ccc(F)cc1COC1CCC1. The smallest absolute Gasteiger partial charge is 0.123 e. The van der Waals surface area contributed by atoms with Crippen LogP contribution in [0.4, 0.5) is 4.39 Å². The normalized spacial score (nSPS) is 16.4. The molecule has 15 heavy (non-hydrogen) atoms. The maximum Gasteiger partial charge on any atom is 0.123 e. The number of hydrogen-bond acceptors (Lipinski definition) is 2. The molecule has 1 fully saturated rings. The molecule has 0 amide bonds. The predicted molar refractivity (Wildman–Crippen MR) is 56.7 cm³/mol. The Bertz CT molecular complexity index is 336. The lowest BCUT2D eigenvalue weighted by Crippen LogP contribution is -2.21. The van der Waals surface area contributed by atoms with E-state index in [4.69, 9.17) is 10.5 Å². The van der Waals surface area contributed by atoms with Crippen molar-refractivity contribution in [2.75, 3.05) is 0 Å². The standard InChI is InChI=1S/C12H16FNO/c13-11-5-4-9(7-14)10(6-11)8-15-12-2-1-3-12/h4-6,12H,1-3,7-8,14H2. The molecule has 1 aliphatic rings. The van der Waals surface area contributed by atoms with Crippen molar-refractivity contribution in [3.63, 3.8) is 0 Å². The van der Waals surface area contributed by atoms with E-state index in [0.717, 1.165) is 24.0 Å². The third kappa shape index (κ3) is 2.55. The Kier molecular flexibility index (Phi) is 3.34. The molecular weight excluding hydrogens is 193 g/mol. The Hall–Kier alpha value is -0.930. The Labute approximate surface area is 89.2 Å². The van der Waals surface area contributed by atoms with Crippen LogP contribution in [0.15, 0.2) is 18.2 Å². The summed E-state index contributed by atoms with van der Waals surface area (Å²) in [6, 6.07) is 4.69. The van der Waals surface area contributed by atoms with Gasteiger partial charge in [-0.3, -0.25) is 0 Å². The van der Waals surface area contributed by atoms with Gasteiger partial charge in [-0.05, 0) is 42.5 Å². The second kappa shape index (κ2) is 4.73. The van der Waals surface area contributed by atoms with Gasteiger partial charge in [0.25, 0.3) is 0 Å². The first-order valence-electron chi connectivity index (χ1n) is 5.38. The van der Waals surface area contributed by atoms with E-state index in [-0.39, 0.29) is 5.82 Å². The van der Waals surface area contributed by atoms with Gasteiger partial charge in [-0.25, -0.2) is 4.39 Å². The van der Waals surface area contributed by atoms with Gasteiger partial charge in [0.1, 0.15) is 5.82 Å². The monoisotopic (exact) mass is 209 g/mol. The molecule has 1 aliphatic carbocycles. The minimum Gasteiger partial charge on any atom is -0.374 e. The molecule has 1 aromatic carbocycles. The molecule has 3 heteroatoms. The summed E-state index contributed by atoms with van der Waals surface area (Å²) < 4.78 is 18.6. The molecule has 1 aromatic rings. The van der Waals surface area contributed by atoms with Gasteiger partial charge in [0.2, 0.25) is 0 Å². The van der Waals surface area contributed by atoms with Crippen molar-refractivity contribution >= 4 is 0 Å². The summed E-state index contributed by atoms with van der Waals surface area (Å²) in [6.07, 6.45) is 3.89. The summed E-state index contributed by atoms with van der Waals surface area (Å²) in [5, 5.41) is 0. The molecule has 0 heterocycles. The second-order valence-corrected chi connectivity index (χ2v) is 3.98. The third-order valence-electron chi connectivity index (χ3n) is 2.91. The maximum absolute atomic E-state index is 13.0. The van der Waals surface area contributed by atoms with Crippen molar-refractivity contribution in [3.8, 4) is 0 Å².